The molecule has 1 aromatic carbocycles. The maximum atomic E-state index is 6.02. The van der Waals surface area contributed by atoms with Gasteiger partial charge in [-0.3, -0.25) is 4.90 Å². The summed E-state index contributed by atoms with van der Waals surface area (Å²) in [5.41, 5.74) is 8.08. The molecule has 2 rings (SSSR count). The topological polar surface area (TPSA) is 29.3 Å². The highest BCUT2D eigenvalue weighted by atomic mass is 35.5. The van der Waals surface area contributed by atoms with Crippen molar-refractivity contribution < 1.29 is 0 Å². The molecule has 1 heterocycles. The number of thiophene rings is 1. The van der Waals surface area contributed by atoms with E-state index < -0.39 is 0 Å². The van der Waals surface area contributed by atoms with E-state index >= 15 is 0 Å². The minimum absolute atomic E-state index is 0.852. The zero-order valence-corrected chi connectivity index (χ0v) is 12.7. The van der Waals surface area contributed by atoms with Crippen molar-refractivity contribution in [2.45, 2.75) is 26.4 Å². The molecular weight excluding hydrogens is 276 g/mol. The van der Waals surface area contributed by atoms with Crippen LogP contribution in [0.4, 0.5) is 5.69 Å². The Hall–Kier alpha value is -1.03. The molecule has 102 valence electrons. The van der Waals surface area contributed by atoms with E-state index in [4.69, 9.17) is 17.3 Å². The standard InChI is InChI=1S/C15H19ClN2S/c1-2-9-18(11-13-7-8-15(16)19-13)10-12-5-3-4-6-14(12)17/h3-8H,2,9-11,17H2,1H3. The molecule has 0 aliphatic carbocycles. The monoisotopic (exact) mass is 294 g/mol. The molecule has 0 radical (unpaired) electrons. The van der Waals surface area contributed by atoms with Crippen LogP contribution in [0.5, 0.6) is 0 Å². The normalized spacial score (nSPS) is 11.1. The molecule has 2 nitrogen and oxygen atoms in total. The molecule has 0 spiro atoms. The van der Waals surface area contributed by atoms with E-state index in [0.29, 0.717) is 0 Å². The number of nitrogens with zero attached hydrogens (tertiary/aromatic N) is 1. The minimum atomic E-state index is 0.852. The van der Waals surface area contributed by atoms with Gasteiger partial charge in [0.2, 0.25) is 0 Å². The fourth-order valence-electron chi connectivity index (χ4n) is 2.11. The molecule has 0 aliphatic heterocycles. The lowest BCUT2D eigenvalue weighted by atomic mass is 10.1. The van der Waals surface area contributed by atoms with Gasteiger partial charge in [-0.15, -0.1) is 11.3 Å². The summed E-state index contributed by atoms with van der Waals surface area (Å²) in [6, 6.07) is 12.1. The molecule has 0 saturated heterocycles. The lowest BCUT2D eigenvalue weighted by Gasteiger charge is -2.21. The van der Waals surface area contributed by atoms with Gasteiger partial charge in [-0.25, -0.2) is 0 Å². The number of hydrogen-bond donors (Lipinski definition) is 1. The molecule has 0 atom stereocenters. The molecule has 0 aliphatic rings. The highest BCUT2D eigenvalue weighted by Gasteiger charge is 2.09. The third-order valence-electron chi connectivity index (χ3n) is 3.00. The first kappa shape index (κ1) is 14.4. The summed E-state index contributed by atoms with van der Waals surface area (Å²) in [5.74, 6) is 0. The van der Waals surface area contributed by atoms with Crippen LogP contribution in [0, 0.1) is 0 Å². The van der Waals surface area contributed by atoms with Crippen LogP contribution in [-0.2, 0) is 13.1 Å². The number of hydrogen-bond acceptors (Lipinski definition) is 3. The zero-order valence-electron chi connectivity index (χ0n) is 11.1. The summed E-state index contributed by atoms with van der Waals surface area (Å²) in [4.78, 5) is 3.71. The van der Waals surface area contributed by atoms with Crippen molar-refractivity contribution in [1.29, 1.82) is 0 Å². The SMILES string of the molecule is CCCN(Cc1ccc(Cl)s1)Cc1ccccc1N. The van der Waals surface area contributed by atoms with Crippen molar-refractivity contribution in [2.75, 3.05) is 12.3 Å². The summed E-state index contributed by atoms with van der Waals surface area (Å²) >= 11 is 7.64. The molecule has 19 heavy (non-hydrogen) atoms. The van der Waals surface area contributed by atoms with Gasteiger partial charge < -0.3 is 5.73 Å². The first-order valence-electron chi connectivity index (χ1n) is 6.49. The fourth-order valence-corrected chi connectivity index (χ4v) is 3.24. The van der Waals surface area contributed by atoms with Crippen LogP contribution in [0.3, 0.4) is 0 Å². The fraction of sp³-hybridized carbons (Fsp3) is 0.333. The Labute approximate surface area is 123 Å². The van der Waals surface area contributed by atoms with Crippen molar-refractivity contribution in [2.24, 2.45) is 0 Å². The lowest BCUT2D eigenvalue weighted by Crippen LogP contribution is -2.23. The van der Waals surface area contributed by atoms with Gasteiger partial charge in [0, 0.05) is 23.7 Å². The van der Waals surface area contributed by atoms with E-state index in [1.807, 2.05) is 24.3 Å². The number of halogens is 1. The number of para-hydroxylation sites is 1. The summed E-state index contributed by atoms with van der Waals surface area (Å²) in [5, 5.41) is 0. The second-order valence-electron chi connectivity index (χ2n) is 4.62. The second kappa shape index (κ2) is 6.94. The van der Waals surface area contributed by atoms with Gasteiger partial charge >= 0.3 is 0 Å². The van der Waals surface area contributed by atoms with E-state index in [1.54, 1.807) is 11.3 Å². The Morgan fingerprint density at radius 2 is 1.95 bits per heavy atom. The molecular formula is C15H19ClN2S. The Balaban J connectivity index is 2.06. The molecule has 2 aromatic rings. The maximum absolute atomic E-state index is 6.02. The highest BCUT2D eigenvalue weighted by molar-refractivity contribution is 7.16. The Morgan fingerprint density at radius 1 is 1.16 bits per heavy atom. The molecule has 0 unspecified atom stereocenters. The summed E-state index contributed by atoms with van der Waals surface area (Å²) in [7, 11) is 0. The number of benzene rings is 1. The van der Waals surface area contributed by atoms with Crippen LogP contribution < -0.4 is 5.73 Å². The average Bonchev–Trinajstić information content (AvgIpc) is 2.78. The van der Waals surface area contributed by atoms with E-state index in [-0.39, 0.29) is 0 Å². The molecule has 1 aromatic heterocycles. The van der Waals surface area contributed by atoms with Crippen LogP contribution in [0.25, 0.3) is 0 Å². The molecule has 0 saturated carbocycles. The minimum Gasteiger partial charge on any atom is -0.398 e. The number of nitrogens with two attached hydrogens (primary N) is 1. The average molecular weight is 295 g/mol. The zero-order chi connectivity index (χ0) is 13.7. The number of rotatable bonds is 6. The predicted octanol–water partition coefficient (Wildman–Crippen LogP) is 4.40. The second-order valence-corrected chi connectivity index (χ2v) is 6.41. The van der Waals surface area contributed by atoms with Crippen LogP contribution in [0.1, 0.15) is 23.8 Å². The van der Waals surface area contributed by atoms with Crippen molar-refractivity contribution in [3.05, 3.63) is 51.2 Å². The van der Waals surface area contributed by atoms with Gasteiger partial charge in [-0.1, -0.05) is 36.7 Å². The predicted molar refractivity (Wildman–Crippen MR) is 84.6 cm³/mol. The maximum Gasteiger partial charge on any atom is 0.0931 e. The number of nitrogen functional groups attached to an aromatic ring is 1. The van der Waals surface area contributed by atoms with E-state index in [1.165, 1.54) is 10.4 Å². The smallest absolute Gasteiger partial charge is 0.0931 e. The number of anilines is 1. The molecule has 0 amide bonds. The van der Waals surface area contributed by atoms with E-state index in [0.717, 1.165) is 36.1 Å². The highest BCUT2D eigenvalue weighted by Crippen LogP contribution is 2.24. The van der Waals surface area contributed by atoms with Crippen LogP contribution in [0.2, 0.25) is 4.34 Å². The Morgan fingerprint density at radius 3 is 2.58 bits per heavy atom. The van der Waals surface area contributed by atoms with Crippen LogP contribution >= 0.6 is 22.9 Å². The van der Waals surface area contributed by atoms with Gasteiger partial charge in [-0.05, 0) is 36.7 Å². The quantitative estimate of drug-likeness (QED) is 0.800. The molecule has 2 N–H and O–H groups in total. The summed E-state index contributed by atoms with van der Waals surface area (Å²) in [6.07, 6.45) is 1.13. The summed E-state index contributed by atoms with van der Waals surface area (Å²) in [6.45, 7) is 5.07. The van der Waals surface area contributed by atoms with Gasteiger partial charge in [0.1, 0.15) is 0 Å². The molecule has 0 bridgehead atoms. The van der Waals surface area contributed by atoms with Crippen molar-refractivity contribution in [3.63, 3.8) is 0 Å². The van der Waals surface area contributed by atoms with Gasteiger partial charge in [0.15, 0.2) is 0 Å². The Kier molecular flexibility index (Phi) is 5.25. The van der Waals surface area contributed by atoms with Crippen molar-refractivity contribution in [3.8, 4) is 0 Å². The molecule has 4 heteroatoms. The Bertz CT molecular complexity index is 524. The first-order chi connectivity index (χ1) is 9.19. The van der Waals surface area contributed by atoms with Crippen LogP contribution in [0.15, 0.2) is 36.4 Å². The largest absolute Gasteiger partial charge is 0.398 e. The first-order valence-corrected chi connectivity index (χ1v) is 7.68. The van der Waals surface area contributed by atoms with E-state index in [2.05, 4.69) is 24.0 Å². The van der Waals surface area contributed by atoms with Gasteiger partial charge in [-0.2, -0.15) is 0 Å². The third kappa shape index (κ3) is 4.23. The summed E-state index contributed by atoms with van der Waals surface area (Å²) < 4.78 is 0.852. The van der Waals surface area contributed by atoms with Crippen molar-refractivity contribution in [1.82, 2.24) is 4.90 Å². The lowest BCUT2D eigenvalue weighted by molar-refractivity contribution is 0.260. The van der Waals surface area contributed by atoms with Crippen LogP contribution in [-0.4, -0.2) is 11.4 Å². The van der Waals surface area contributed by atoms with Gasteiger partial charge in [0.05, 0.1) is 4.34 Å². The van der Waals surface area contributed by atoms with Crippen molar-refractivity contribution >= 4 is 28.6 Å². The van der Waals surface area contributed by atoms with E-state index in [9.17, 15) is 0 Å². The van der Waals surface area contributed by atoms with Gasteiger partial charge in [0.25, 0.3) is 0 Å². The molecule has 0 fully saturated rings. The third-order valence-corrected chi connectivity index (χ3v) is 4.21.